The van der Waals surface area contributed by atoms with Gasteiger partial charge >= 0.3 is 5.97 Å². The number of ether oxygens (including phenoxy) is 1. The lowest BCUT2D eigenvalue weighted by atomic mass is 10.2. The highest BCUT2D eigenvalue weighted by Crippen LogP contribution is 2.28. The molecule has 1 aromatic heterocycles. The second-order valence-electron chi connectivity index (χ2n) is 3.99. The van der Waals surface area contributed by atoms with Gasteiger partial charge in [-0.3, -0.25) is 9.89 Å². The van der Waals surface area contributed by atoms with E-state index in [1.165, 1.54) is 0 Å². The van der Waals surface area contributed by atoms with Gasteiger partial charge in [-0.2, -0.15) is 0 Å². The standard InChI is InChI=1S/C13H15N3O3S/c1-2-7-19-10-6-4-3-5-9(10)12-14-13(16-15-12)20-8-11(17)18/h3-6H,2,7-8H2,1H3,(H,17,18)(H,14,15,16). The van der Waals surface area contributed by atoms with Gasteiger partial charge in [-0.1, -0.05) is 30.8 Å². The molecule has 7 heteroatoms. The van der Waals surface area contributed by atoms with Gasteiger partial charge in [-0.05, 0) is 18.6 Å². The summed E-state index contributed by atoms with van der Waals surface area (Å²) in [5.41, 5.74) is 0.815. The van der Waals surface area contributed by atoms with Gasteiger partial charge in [0.25, 0.3) is 0 Å². The Morgan fingerprint density at radius 2 is 2.25 bits per heavy atom. The number of rotatable bonds is 7. The van der Waals surface area contributed by atoms with Gasteiger partial charge in [0, 0.05) is 0 Å². The van der Waals surface area contributed by atoms with Crippen LogP contribution in [0.5, 0.6) is 5.75 Å². The summed E-state index contributed by atoms with van der Waals surface area (Å²) in [5.74, 6) is 0.351. The van der Waals surface area contributed by atoms with Gasteiger partial charge in [0.15, 0.2) is 5.82 Å². The van der Waals surface area contributed by atoms with Crippen LogP contribution in [0.25, 0.3) is 11.4 Å². The Hall–Kier alpha value is -2.02. The number of carboxylic acid groups (broad SMARTS) is 1. The molecule has 20 heavy (non-hydrogen) atoms. The molecule has 0 spiro atoms. The summed E-state index contributed by atoms with van der Waals surface area (Å²) < 4.78 is 5.66. The van der Waals surface area contributed by atoms with Crippen LogP contribution < -0.4 is 4.74 Å². The topological polar surface area (TPSA) is 88.1 Å². The quantitative estimate of drug-likeness (QED) is 0.762. The van der Waals surface area contributed by atoms with Crippen LogP contribution in [-0.4, -0.2) is 38.6 Å². The Kier molecular flexibility index (Phi) is 5.00. The molecular formula is C13H15N3O3S. The van der Waals surface area contributed by atoms with E-state index in [4.69, 9.17) is 9.84 Å². The zero-order valence-corrected chi connectivity index (χ0v) is 11.8. The molecule has 0 amide bonds. The first-order valence-electron chi connectivity index (χ1n) is 6.20. The Morgan fingerprint density at radius 3 is 3.00 bits per heavy atom. The predicted molar refractivity (Wildman–Crippen MR) is 76.0 cm³/mol. The van der Waals surface area contributed by atoms with Gasteiger partial charge in [-0.25, -0.2) is 4.98 Å². The van der Waals surface area contributed by atoms with E-state index in [1.807, 2.05) is 31.2 Å². The molecule has 1 aromatic carbocycles. The molecule has 0 saturated heterocycles. The maximum absolute atomic E-state index is 10.5. The van der Waals surface area contributed by atoms with Crippen molar-refractivity contribution in [1.82, 2.24) is 15.2 Å². The van der Waals surface area contributed by atoms with E-state index in [2.05, 4.69) is 15.2 Å². The fraction of sp³-hybridized carbons (Fsp3) is 0.308. The molecule has 0 aliphatic heterocycles. The number of hydrogen-bond acceptors (Lipinski definition) is 5. The number of nitrogens with one attached hydrogen (secondary N) is 1. The Labute approximate surface area is 120 Å². The molecule has 0 radical (unpaired) electrons. The minimum atomic E-state index is -0.895. The smallest absolute Gasteiger partial charge is 0.313 e. The molecule has 2 N–H and O–H groups in total. The molecule has 6 nitrogen and oxygen atoms in total. The number of aliphatic carboxylic acids is 1. The van der Waals surface area contributed by atoms with Gasteiger partial charge < -0.3 is 9.84 Å². The first-order valence-corrected chi connectivity index (χ1v) is 7.18. The summed E-state index contributed by atoms with van der Waals surface area (Å²) in [6.07, 6.45) is 0.921. The Bertz CT molecular complexity index is 586. The number of para-hydroxylation sites is 1. The van der Waals surface area contributed by atoms with Gasteiger partial charge in [0.2, 0.25) is 5.16 Å². The van der Waals surface area contributed by atoms with Crippen molar-refractivity contribution in [2.45, 2.75) is 18.5 Å². The lowest BCUT2D eigenvalue weighted by molar-refractivity contribution is -0.133. The summed E-state index contributed by atoms with van der Waals surface area (Å²) in [6, 6.07) is 7.54. The van der Waals surface area contributed by atoms with Crippen LogP contribution >= 0.6 is 11.8 Å². The van der Waals surface area contributed by atoms with Crippen LogP contribution in [0.4, 0.5) is 0 Å². The fourth-order valence-electron chi connectivity index (χ4n) is 1.56. The first kappa shape index (κ1) is 14.4. The average Bonchev–Trinajstić information content (AvgIpc) is 2.92. The predicted octanol–water partition coefficient (Wildman–Crippen LogP) is 2.44. The lowest BCUT2D eigenvalue weighted by Crippen LogP contribution is -1.98. The minimum absolute atomic E-state index is 0.0642. The van der Waals surface area contributed by atoms with Crippen molar-refractivity contribution in [3.05, 3.63) is 24.3 Å². The zero-order chi connectivity index (χ0) is 14.4. The van der Waals surface area contributed by atoms with Crippen molar-refractivity contribution in [2.24, 2.45) is 0 Å². The Morgan fingerprint density at radius 1 is 1.45 bits per heavy atom. The largest absolute Gasteiger partial charge is 0.493 e. The number of H-pyrrole nitrogens is 1. The van der Waals surface area contributed by atoms with Crippen LogP contribution in [0.1, 0.15) is 13.3 Å². The van der Waals surface area contributed by atoms with E-state index in [-0.39, 0.29) is 5.75 Å². The highest BCUT2D eigenvalue weighted by atomic mass is 32.2. The van der Waals surface area contributed by atoms with Crippen molar-refractivity contribution in [3.63, 3.8) is 0 Å². The molecule has 0 aliphatic carbocycles. The maximum atomic E-state index is 10.5. The van der Waals surface area contributed by atoms with Crippen LogP contribution in [0.3, 0.4) is 0 Å². The van der Waals surface area contributed by atoms with Crippen LogP contribution in [0.2, 0.25) is 0 Å². The van der Waals surface area contributed by atoms with Gasteiger partial charge in [0.1, 0.15) is 5.75 Å². The molecule has 0 saturated carbocycles. The number of hydrogen-bond donors (Lipinski definition) is 2. The molecular weight excluding hydrogens is 278 g/mol. The number of aromatic nitrogens is 3. The number of benzene rings is 1. The van der Waals surface area contributed by atoms with E-state index in [1.54, 1.807) is 0 Å². The summed E-state index contributed by atoms with van der Waals surface area (Å²) >= 11 is 1.07. The molecule has 106 valence electrons. The first-order chi connectivity index (χ1) is 9.70. The molecule has 0 atom stereocenters. The number of carbonyl (C=O) groups is 1. The second-order valence-corrected chi connectivity index (χ2v) is 4.94. The molecule has 0 aliphatic rings. The lowest BCUT2D eigenvalue weighted by Gasteiger charge is -2.08. The number of thioether (sulfide) groups is 1. The summed E-state index contributed by atoms with van der Waals surface area (Å²) in [4.78, 5) is 14.8. The SMILES string of the molecule is CCCOc1ccccc1-c1nc(SCC(=O)O)n[nH]1. The monoisotopic (exact) mass is 293 g/mol. The van der Waals surface area contributed by atoms with E-state index in [9.17, 15) is 4.79 Å². The molecule has 1 heterocycles. The zero-order valence-electron chi connectivity index (χ0n) is 11.0. The van der Waals surface area contributed by atoms with E-state index in [0.29, 0.717) is 17.6 Å². The van der Waals surface area contributed by atoms with Gasteiger partial charge in [0.05, 0.1) is 17.9 Å². The third kappa shape index (κ3) is 3.74. The average molecular weight is 293 g/mol. The Balaban J connectivity index is 2.16. The van der Waals surface area contributed by atoms with E-state index < -0.39 is 5.97 Å². The van der Waals surface area contributed by atoms with Crippen LogP contribution in [-0.2, 0) is 4.79 Å². The third-order valence-electron chi connectivity index (χ3n) is 2.39. The molecule has 0 bridgehead atoms. The fourth-order valence-corrected chi connectivity index (χ4v) is 2.08. The summed E-state index contributed by atoms with van der Waals surface area (Å²) in [5, 5.41) is 15.8. The highest BCUT2D eigenvalue weighted by molar-refractivity contribution is 7.99. The number of aromatic amines is 1. The molecule has 2 aromatic rings. The van der Waals surface area contributed by atoms with Crippen LogP contribution in [0.15, 0.2) is 29.4 Å². The minimum Gasteiger partial charge on any atom is -0.493 e. The van der Waals surface area contributed by atoms with Crippen molar-refractivity contribution in [2.75, 3.05) is 12.4 Å². The van der Waals surface area contributed by atoms with Crippen molar-refractivity contribution in [1.29, 1.82) is 0 Å². The number of carboxylic acids is 1. The third-order valence-corrected chi connectivity index (χ3v) is 3.23. The maximum Gasteiger partial charge on any atom is 0.313 e. The highest BCUT2D eigenvalue weighted by Gasteiger charge is 2.12. The summed E-state index contributed by atoms with van der Waals surface area (Å²) in [6.45, 7) is 2.67. The van der Waals surface area contributed by atoms with Crippen molar-refractivity contribution < 1.29 is 14.6 Å². The van der Waals surface area contributed by atoms with Crippen molar-refractivity contribution in [3.8, 4) is 17.1 Å². The second kappa shape index (κ2) is 6.95. The molecule has 0 fully saturated rings. The normalized spacial score (nSPS) is 10.4. The number of nitrogens with zero attached hydrogens (tertiary/aromatic N) is 2. The molecule has 0 unspecified atom stereocenters. The van der Waals surface area contributed by atoms with Crippen LogP contribution in [0, 0.1) is 0 Å². The van der Waals surface area contributed by atoms with Gasteiger partial charge in [-0.15, -0.1) is 5.10 Å². The van der Waals surface area contributed by atoms with E-state index >= 15 is 0 Å². The van der Waals surface area contributed by atoms with Crippen molar-refractivity contribution >= 4 is 17.7 Å². The molecule has 2 rings (SSSR count). The summed E-state index contributed by atoms with van der Waals surface area (Å²) in [7, 11) is 0. The van der Waals surface area contributed by atoms with E-state index in [0.717, 1.165) is 29.5 Å².